The summed E-state index contributed by atoms with van der Waals surface area (Å²) in [6.07, 6.45) is 3.62. The number of ether oxygens (including phenoxy) is 2. The Balaban J connectivity index is 1.91. The Labute approximate surface area is 162 Å². The summed E-state index contributed by atoms with van der Waals surface area (Å²) in [7, 11) is 5.30. The molecule has 1 N–H and O–H groups in total. The van der Waals surface area contributed by atoms with Crippen LogP contribution in [0, 0.1) is 0 Å². The van der Waals surface area contributed by atoms with Gasteiger partial charge in [-0.1, -0.05) is 12.1 Å². The van der Waals surface area contributed by atoms with E-state index in [1.165, 1.54) is 7.11 Å². The molecule has 0 unspecified atom stereocenters. The molecule has 2 rings (SSSR count). The molecule has 0 aliphatic carbocycles. The molecule has 1 fully saturated rings. The molecule has 1 heterocycles. The minimum Gasteiger partial charge on any atom is -0.494 e. The number of rotatable bonds is 8. The quantitative estimate of drug-likeness (QED) is 0.238. The van der Waals surface area contributed by atoms with Gasteiger partial charge < -0.3 is 14.4 Å². The molecule has 9 heteroatoms. The number of methoxy groups -OCH3 is 1. The van der Waals surface area contributed by atoms with E-state index < -0.39 is 11.9 Å². The van der Waals surface area contributed by atoms with Crippen molar-refractivity contribution in [1.82, 2.24) is 10.2 Å². The fraction of sp³-hybridized carbons (Fsp3) is 0.333. The van der Waals surface area contributed by atoms with Crippen LogP contribution in [0.3, 0.4) is 0 Å². The Kier molecular flexibility index (Phi) is 8.02. The molecule has 0 atom stereocenters. The molecule has 0 spiro atoms. The number of nitrogens with zero attached hydrogens (tertiary/aromatic N) is 3. The first kappa shape index (κ1) is 20.7. The summed E-state index contributed by atoms with van der Waals surface area (Å²) in [5, 5.41) is 10.8. The third-order valence-electron chi connectivity index (χ3n) is 3.33. The van der Waals surface area contributed by atoms with Gasteiger partial charge in [-0.05, 0) is 50.0 Å². The van der Waals surface area contributed by atoms with E-state index in [1.807, 2.05) is 38.4 Å². The second-order valence-corrected chi connectivity index (χ2v) is 6.85. The number of thioether (sulfide) groups is 1. The van der Waals surface area contributed by atoms with Crippen LogP contribution < -0.4 is 10.1 Å². The van der Waals surface area contributed by atoms with Gasteiger partial charge in [-0.2, -0.15) is 5.10 Å². The highest BCUT2D eigenvalue weighted by molar-refractivity contribution is 8.18. The Morgan fingerprint density at radius 1 is 1.37 bits per heavy atom. The zero-order valence-electron chi connectivity index (χ0n) is 15.5. The van der Waals surface area contributed by atoms with E-state index in [-0.39, 0.29) is 4.91 Å². The number of carbonyl (C=O) groups is 2. The predicted octanol–water partition coefficient (Wildman–Crippen LogP) is 1.63. The molecule has 1 aromatic carbocycles. The number of carbonyl (C=O) groups excluding carboxylic acids is 2. The van der Waals surface area contributed by atoms with Crippen molar-refractivity contribution in [3.05, 3.63) is 40.8 Å². The molecule has 1 saturated heterocycles. The van der Waals surface area contributed by atoms with Crippen molar-refractivity contribution in [2.24, 2.45) is 10.2 Å². The van der Waals surface area contributed by atoms with Crippen molar-refractivity contribution < 1.29 is 19.1 Å². The molecular formula is C18H22N4O4S. The van der Waals surface area contributed by atoms with Crippen LogP contribution in [-0.4, -0.2) is 62.5 Å². The van der Waals surface area contributed by atoms with E-state index in [4.69, 9.17) is 4.74 Å². The lowest BCUT2D eigenvalue weighted by Crippen LogP contribution is -2.19. The number of hydrogen-bond acceptors (Lipinski definition) is 8. The van der Waals surface area contributed by atoms with E-state index in [2.05, 4.69) is 25.2 Å². The van der Waals surface area contributed by atoms with Crippen molar-refractivity contribution in [2.75, 3.05) is 34.4 Å². The van der Waals surface area contributed by atoms with Crippen molar-refractivity contribution in [3.63, 3.8) is 0 Å². The number of esters is 1. The second-order valence-electron chi connectivity index (χ2n) is 5.82. The smallest absolute Gasteiger partial charge is 0.331 e. The third kappa shape index (κ3) is 7.24. The summed E-state index contributed by atoms with van der Waals surface area (Å²) in [5.74, 6) is -0.246. The van der Waals surface area contributed by atoms with Crippen LogP contribution in [0.4, 0.5) is 0 Å². The molecule has 1 amide bonds. The first-order valence-electron chi connectivity index (χ1n) is 8.25. The largest absolute Gasteiger partial charge is 0.494 e. The Bertz CT molecular complexity index is 774. The zero-order chi connectivity index (χ0) is 19.6. The van der Waals surface area contributed by atoms with Crippen LogP contribution in [0.25, 0.3) is 0 Å². The maximum absolute atomic E-state index is 11.7. The molecule has 0 radical (unpaired) electrons. The van der Waals surface area contributed by atoms with Gasteiger partial charge in [0, 0.05) is 12.6 Å². The molecule has 144 valence electrons. The van der Waals surface area contributed by atoms with E-state index in [9.17, 15) is 9.59 Å². The van der Waals surface area contributed by atoms with Crippen LogP contribution in [0.5, 0.6) is 5.75 Å². The molecule has 27 heavy (non-hydrogen) atoms. The van der Waals surface area contributed by atoms with Gasteiger partial charge in [-0.3, -0.25) is 10.1 Å². The van der Waals surface area contributed by atoms with Crippen LogP contribution in [0.15, 0.2) is 45.4 Å². The van der Waals surface area contributed by atoms with Gasteiger partial charge in [-0.15, -0.1) is 5.10 Å². The number of benzene rings is 1. The Morgan fingerprint density at radius 3 is 2.93 bits per heavy atom. The van der Waals surface area contributed by atoms with Crippen molar-refractivity contribution >= 4 is 35.0 Å². The van der Waals surface area contributed by atoms with Crippen LogP contribution >= 0.6 is 11.8 Å². The Hall–Kier alpha value is -2.65. The molecule has 0 bridgehead atoms. The first-order chi connectivity index (χ1) is 13.0. The number of amides is 1. The highest BCUT2D eigenvalue weighted by atomic mass is 32.2. The fourth-order valence-corrected chi connectivity index (χ4v) is 2.78. The average Bonchev–Trinajstić information content (AvgIpc) is 2.98. The predicted molar refractivity (Wildman–Crippen MR) is 106 cm³/mol. The molecule has 1 aliphatic rings. The molecule has 1 aromatic rings. The normalized spacial score (nSPS) is 17.1. The van der Waals surface area contributed by atoms with Crippen LogP contribution in [0.1, 0.15) is 12.0 Å². The van der Waals surface area contributed by atoms with Gasteiger partial charge in [0.2, 0.25) is 0 Å². The molecule has 0 aromatic heterocycles. The van der Waals surface area contributed by atoms with Crippen LogP contribution in [0.2, 0.25) is 0 Å². The fourth-order valence-electron chi connectivity index (χ4n) is 2.04. The summed E-state index contributed by atoms with van der Waals surface area (Å²) >= 11 is 1.02. The maximum Gasteiger partial charge on any atom is 0.331 e. The number of nitrogens with one attached hydrogen (secondary N) is 1. The number of amidine groups is 1. The summed E-state index contributed by atoms with van der Waals surface area (Å²) in [5.41, 5.74) is 0.823. The van der Waals surface area contributed by atoms with Gasteiger partial charge in [0.15, 0.2) is 5.17 Å². The minimum absolute atomic E-state index is 0.212. The van der Waals surface area contributed by atoms with E-state index in [1.54, 1.807) is 6.21 Å². The minimum atomic E-state index is -0.597. The van der Waals surface area contributed by atoms with E-state index in [0.29, 0.717) is 11.8 Å². The van der Waals surface area contributed by atoms with Crippen molar-refractivity contribution in [3.8, 4) is 5.75 Å². The highest BCUT2D eigenvalue weighted by Gasteiger charge is 2.24. The van der Waals surface area contributed by atoms with Gasteiger partial charge in [-0.25, -0.2) is 4.79 Å². The lowest BCUT2D eigenvalue weighted by molar-refractivity contribution is -0.135. The van der Waals surface area contributed by atoms with Crippen molar-refractivity contribution in [2.45, 2.75) is 6.42 Å². The summed E-state index contributed by atoms with van der Waals surface area (Å²) in [4.78, 5) is 25.2. The molecule has 8 nitrogen and oxygen atoms in total. The maximum atomic E-state index is 11.7. The second kappa shape index (κ2) is 10.5. The van der Waals surface area contributed by atoms with E-state index >= 15 is 0 Å². The van der Waals surface area contributed by atoms with Crippen molar-refractivity contribution in [1.29, 1.82) is 0 Å². The van der Waals surface area contributed by atoms with Gasteiger partial charge in [0.1, 0.15) is 5.75 Å². The summed E-state index contributed by atoms with van der Waals surface area (Å²) in [6.45, 7) is 1.60. The number of hydrogen-bond donors (Lipinski definition) is 1. The van der Waals surface area contributed by atoms with Gasteiger partial charge in [0.05, 0.1) is 24.8 Å². The lowest BCUT2D eigenvalue weighted by atomic mass is 10.2. The van der Waals surface area contributed by atoms with Gasteiger partial charge >= 0.3 is 5.97 Å². The third-order valence-corrected chi connectivity index (χ3v) is 4.23. The standard InChI is InChI=1S/C18H22N4O4S/c1-22(2)8-5-9-26-14-7-4-6-13(10-14)12-19-21-18-20-17(24)15(27-18)11-16(23)25-3/h4,6-7,10-12H,5,8-9H2,1-3H3,(H,20,21,24)/b15-11+,19-12?. The molecule has 0 saturated carbocycles. The lowest BCUT2D eigenvalue weighted by Gasteiger charge is -2.10. The zero-order valence-corrected chi connectivity index (χ0v) is 16.3. The Morgan fingerprint density at radius 2 is 2.19 bits per heavy atom. The molecular weight excluding hydrogens is 368 g/mol. The average molecular weight is 390 g/mol. The summed E-state index contributed by atoms with van der Waals surface area (Å²) in [6, 6.07) is 7.50. The van der Waals surface area contributed by atoms with Gasteiger partial charge in [0.25, 0.3) is 5.91 Å². The topological polar surface area (TPSA) is 92.6 Å². The monoisotopic (exact) mass is 390 g/mol. The SMILES string of the molecule is COC(=O)/C=C1/S/C(=N\N=Cc2cccc(OCCCN(C)C)c2)NC1=O. The summed E-state index contributed by atoms with van der Waals surface area (Å²) < 4.78 is 10.2. The van der Waals surface area contributed by atoms with Crippen LogP contribution in [-0.2, 0) is 14.3 Å². The molecule has 1 aliphatic heterocycles. The van der Waals surface area contributed by atoms with E-state index in [0.717, 1.165) is 42.1 Å². The first-order valence-corrected chi connectivity index (χ1v) is 9.07. The highest BCUT2D eigenvalue weighted by Crippen LogP contribution is 2.23.